The van der Waals surface area contributed by atoms with Gasteiger partial charge in [0.2, 0.25) is 0 Å². The third kappa shape index (κ3) is 4.43. The van der Waals surface area contributed by atoms with E-state index in [0.717, 1.165) is 19.0 Å². The Kier molecular flexibility index (Phi) is 5.69. The molecule has 1 atom stereocenters. The molecule has 0 unspecified atom stereocenters. The van der Waals surface area contributed by atoms with Crippen LogP contribution in [0, 0.1) is 5.92 Å². The van der Waals surface area contributed by atoms with Gasteiger partial charge in [-0.3, -0.25) is 4.90 Å². The molecule has 100 valence electrons. The highest BCUT2D eigenvalue weighted by molar-refractivity contribution is 5.14. The van der Waals surface area contributed by atoms with Gasteiger partial charge in [-0.05, 0) is 56.9 Å². The van der Waals surface area contributed by atoms with Crippen LogP contribution in [0.15, 0.2) is 30.3 Å². The molecule has 0 spiro atoms. The fourth-order valence-corrected chi connectivity index (χ4v) is 2.73. The molecule has 1 aromatic rings. The van der Waals surface area contributed by atoms with E-state index >= 15 is 0 Å². The van der Waals surface area contributed by atoms with Crippen LogP contribution in [0.2, 0.25) is 0 Å². The van der Waals surface area contributed by atoms with E-state index in [2.05, 4.69) is 47.5 Å². The van der Waals surface area contributed by atoms with E-state index in [1.807, 2.05) is 0 Å². The maximum atomic E-state index is 3.51. The van der Waals surface area contributed by atoms with Crippen LogP contribution in [-0.4, -0.2) is 31.1 Å². The molecule has 1 heterocycles. The Morgan fingerprint density at radius 2 is 2.11 bits per heavy atom. The quantitative estimate of drug-likeness (QED) is 0.830. The zero-order valence-corrected chi connectivity index (χ0v) is 11.6. The van der Waals surface area contributed by atoms with Crippen molar-refractivity contribution in [2.45, 2.75) is 32.7 Å². The largest absolute Gasteiger partial charge is 0.316 e. The molecule has 2 heteroatoms. The van der Waals surface area contributed by atoms with Gasteiger partial charge < -0.3 is 5.32 Å². The smallest absolute Gasteiger partial charge is 0.0233 e. The Morgan fingerprint density at radius 3 is 2.78 bits per heavy atom. The zero-order valence-electron chi connectivity index (χ0n) is 11.6. The summed E-state index contributed by atoms with van der Waals surface area (Å²) in [7, 11) is 0. The number of nitrogens with one attached hydrogen (secondary N) is 1. The minimum atomic E-state index is 0.892. The summed E-state index contributed by atoms with van der Waals surface area (Å²) in [5.74, 6) is 0.892. The van der Waals surface area contributed by atoms with Gasteiger partial charge in [0, 0.05) is 6.54 Å². The molecule has 2 nitrogen and oxygen atoms in total. The zero-order chi connectivity index (χ0) is 12.6. The number of hydrogen-bond acceptors (Lipinski definition) is 2. The Morgan fingerprint density at radius 1 is 1.28 bits per heavy atom. The predicted octanol–water partition coefficient (Wildman–Crippen LogP) is 2.90. The van der Waals surface area contributed by atoms with Gasteiger partial charge in [-0.15, -0.1) is 0 Å². The van der Waals surface area contributed by atoms with Gasteiger partial charge in [-0.1, -0.05) is 37.3 Å². The van der Waals surface area contributed by atoms with Gasteiger partial charge >= 0.3 is 0 Å². The molecule has 0 bridgehead atoms. The fourth-order valence-electron chi connectivity index (χ4n) is 2.73. The van der Waals surface area contributed by atoms with Gasteiger partial charge in [0.15, 0.2) is 0 Å². The summed E-state index contributed by atoms with van der Waals surface area (Å²) in [5.41, 5.74) is 1.43. The monoisotopic (exact) mass is 246 g/mol. The summed E-state index contributed by atoms with van der Waals surface area (Å²) in [4.78, 5) is 2.56. The first-order chi connectivity index (χ1) is 8.88. The second kappa shape index (κ2) is 7.55. The van der Waals surface area contributed by atoms with Gasteiger partial charge in [0.1, 0.15) is 0 Å². The summed E-state index contributed by atoms with van der Waals surface area (Å²) in [6, 6.07) is 10.8. The lowest BCUT2D eigenvalue weighted by atomic mass is 9.96. The lowest BCUT2D eigenvalue weighted by molar-refractivity contribution is 0.239. The minimum absolute atomic E-state index is 0.892. The van der Waals surface area contributed by atoms with Crippen LogP contribution in [-0.2, 0) is 6.54 Å². The summed E-state index contributed by atoms with van der Waals surface area (Å²) >= 11 is 0. The molecule has 1 aliphatic rings. The van der Waals surface area contributed by atoms with Crippen molar-refractivity contribution in [3.8, 4) is 0 Å². The van der Waals surface area contributed by atoms with Crippen LogP contribution >= 0.6 is 0 Å². The number of benzene rings is 1. The summed E-state index contributed by atoms with van der Waals surface area (Å²) in [6.45, 7) is 8.19. The SMILES string of the molecule is CCN(CC[C@@H]1CCCNC1)Cc1ccccc1. The van der Waals surface area contributed by atoms with Crippen LogP contribution < -0.4 is 5.32 Å². The predicted molar refractivity (Wildman–Crippen MR) is 77.6 cm³/mol. The first-order valence-electron chi connectivity index (χ1n) is 7.35. The summed E-state index contributed by atoms with van der Waals surface area (Å²) < 4.78 is 0. The average Bonchev–Trinajstić information content (AvgIpc) is 2.45. The molecule has 18 heavy (non-hydrogen) atoms. The molecule has 0 aliphatic carbocycles. The van der Waals surface area contributed by atoms with Crippen LogP contribution in [0.3, 0.4) is 0 Å². The highest BCUT2D eigenvalue weighted by Crippen LogP contribution is 2.15. The second-order valence-corrected chi connectivity index (χ2v) is 5.36. The number of hydrogen-bond donors (Lipinski definition) is 1. The Balaban J connectivity index is 1.75. The molecule has 0 amide bonds. The molecular formula is C16H26N2. The number of nitrogens with zero attached hydrogens (tertiary/aromatic N) is 1. The molecule has 1 aliphatic heterocycles. The van der Waals surface area contributed by atoms with Crippen molar-refractivity contribution in [2.75, 3.05) is 26.2 Å². The molecule has 0 aromatic heterocycles. The lowest BCUT2D eigenvalue weighted by Crippen LogP contribution is -2.33. The van der Waals surface area contributed by atoms with Gasteiger partial charge in [-0.25, -0.2) is 0 Å². The van der Waals surface area contributed by atoms with Crippen molar-refractivity contribution in [1.82, 2.24) is 10.2 Å². The van der Waals surface area contributed by atoms with Crippen LogP contribution in [0.1, 0.15) is 31.7 Å². The van der Waals surface area contributed by atoms with Crippen molar-refractivity contribution >= 4 is 0 Å². The van der Waals surface area contributed by atoms with Crippen molar-refractivity contribution in [2.24, 2.45) is 5.92 Å². The van der Waals surface area contributed by atoms with E-state index in [0.29, 0.717) is 0 Å². The average molecular weight is 246 g/mol. The topological polar surface area (TPSA) is 15.3 Å². The van der Waals surface area contributed by atoms with Crippen LogP contribution in [0.5, 0.6) is 0 Å². The first kappa shape index (κ1) is 13.6. The van der Waals surface area contributed by atoms with E-state index in [1.165, 1.54) is 44.5 Å². The molecule has 0 saturated carbocycles. The molecule has 1 saturated heterocycles. The van der Waals surface area contributed by atoms with E-state index in [4.69, 9.17) is 0 Å². The maximum Gasteiger partial charge on any atom is 0.0233 e. The van der Waals surface area contributed by atoms with E-state index in [-0.39, 0.29) is 0 Å². The van der Waals surface area contributed by atoms with Crippen LogP contribution in [0.4, 0.5) is 0 Å². The highest BCUT2D eigenvalue weighted by atomic mass is 15.1. The Hall–Kier alpha value is -0.860. The van der Waals surface area contributed by atoms with E-state index in [1.54, 1.807) is 0 Å². The molecule has 1 N–H and O–H groups in total. The van der Waals surface area contributed by atoms with Crippen molar-refractivity contribution in [3.63, 3.8) is 0 Å². The molecule has 1 fully saturated rings. The summed E-state index contributed by atoms with van der Waals surface area (Å²) in [6.07, 6.45) is 4.11. The first-order valence-corrected chi connectivity index (χ1v) is 7.35. The lowest BCUT2D eigenvalue weighted by Gasteiger charge is -2.26. The third-order valence-corrected chi connectivity index (χ3v) is 3.95. The Bertz CT molecular complexity index is 317. The maximum absolute atomic E-state index is 3.51. The molecule has 1 aromatic carbocycles. The number of piperidine rings is 1. The molecular weight excluding hydrogens is 220 g/mol. The molecule has 2 rings (SSSR count). The second-order valence-electron chi connectivity index (χ2n) is 5.36. The van der Waals surface area contributed by atoms with Gasteiger partial charge in [0.05, 0.1) is 0 Å². The standard InChI is InChI=1S/C16H26N2/c1-2-18(14-16-7-4-3-5-8-16)12-10-15-9-6-11-17-13-15/h3-5,7-8,15,17H,2,6,9-14H2,1H3/t15-/m0/s1. The third-order valence-electron chi connectivity index (χ3n) is 3.95. The highest BCUT2D eigenvalue weighted by Gasteiger charge is 2.14. The van der Waals surface area contributed by atoms with Crippen molar-refractivity contribution < 1.29 is 0 Å². The number of rotatable bonds is 6. The van der Waals surface area contributed by atoms with Crippen LogP contribution in [0.25, 0.3) is 0 Å². The van der Waals surface area contributed by atoms with Crippen molar-refractivity contribution in [1.29, 1.82) is 0 Å². The van der Waals surface area contributed by atoms with Gasteiger partial charge in [0.25, 0.3) is 0 Å². The normalized spacial score (nSPS) is 20.2. The molecule has 0 radical (unpaired) electrons. The van der Waals surface area contributed by atoms with E-state index in [9.17, 15) is 0 Å². The van der Waals surface area contributed by atoms with Gasteiger partial charge in [-0.2, -0.15) is 0 Å². The van der Waals surface area contributed by atoms with E-state index < -0.39 is 0 Å². The Labute approximate surface area is 111 Å². The summed E-state index contributed by atoms with van der Waals surface area (Å²) in [5, 5.41) is 3.51. The van der Waals surface area contributed by atoms with Crippen molar-refractivity contribution in [3.05, 3.63) is 35.9 Å². The fraction of sp³-hybridized carbons (Fsp3) is 0.625. The minimum Gasteiger partial charge on any atom is -0.316 e.